The second-order valence-electron chi connectivity index (χ2n) is 7.44. The van der Waals surface area contributed by atoms with Crippen LogP contribution in [-0.4, -0.2) is 33.7 Å². The number of nitrogens with one attached hydrogen (secondary N) is 1. The molecular weight excluding hydrogens is 496 g/mol. The molecule has 3 N–H and O–H groups in total. The summed E-state index contributed by atoms with van der Waals surface area (Å²) in [4.78, 5) is 15.6. The number of carbonyl (C=O) groups is 1. The molecule has 1 aliphatic rings. The molecule has 0 saturated carbocycles. The van der Waals surface area contributed by atoms with E-state index in [9.17, 15) is 13.6 Å². The van der Waals surface area contributed by atoms with Crippen molar-refractivity contribution < 1.29 is 18.4 Å². The predicted octanol–water partition coefficient (Wildman–Crippen LogP) is 3.67. The largest absolute Gasteiger partial charge is 0.393 e. The molecule has 0 aliphatic carbocycles. The highest BCUT2D eigenvalue weighted by Gasteiger charge is 2.48. The van der Waals surface area contributed by atoms with Gasteiger partial charge < -0.3 is 10.6 Å². The van der Waals surface area contributed by atoms with E-state index in [0.29, 0.717) is 11.6 Å². The zero-order chi connectivity index (χ0) is 25.0. The molecule has 1 aliphatic heterocycles. The number of halogens is 2. The van der Waals surface area contributed by atoms with Gasteiger partial charge in [0.1, 0.15) is 33.2 Å². The van der Waals surface area contributed by atoms with E-state index in [-0.39, 0.29) is 29.1 Å². The number of hydrazone groups is 1. The van der Waals surface area contributed by atoms with Crippen molar-refractivity contribution in [3.63, 3.8) is 0 Å². The van der Waals surface area contributed by atoms with Crippen molar-refractivity contribution in [2.75, 3.05) is 11.6 Å². The summed E-state index contributed by atoms with van der Waals surface area (Å²) in [5.41, 5.74) is 6.49. The summed E-state index contributed by atoms with van der Waals surface area (Å²) in [7, 11) is 0. The van der Waals surface area contributed by atoms with E-state index >= 15 is 0 Å². The van der Waals surface area contributed by atoms with Crippen LogP contribution in [0, 0.1) is 18.6 Å². The zero-order valence-corrected chi connectivity index (χ0v) is 20.4. The topological polar surface area (TPSA) is 118 Å². The zero-order valence-electron chi connectivity index (χ0n) is 18.7. The summed E-state index contributed by atoms with van der Waals surface area (Å²) < 4.78 is 28.7. The minimum atomic E-state index is -0.945. The molecule has 4 rings (SSSR count). The van der Waals surface area contributed by atoms with Crippen LogP contribution in [-0.2, 0) is 14.5 Å². The Morgan fingerprint density at radius 1 is 1.23 bits per heavy atom. The number of benzene rings is 2. The quantitative estimate of drug-likeness (QED) is 0.213. The van der Waals surface area contributed by atoms with E-state index in [0.717, 1.165) is 28.8 Å². The molecule has 0 bridgehead atoms. The normalized spacial score (nSPS) is 17.9. The summed E-state index contributed by atoms with van der Waals surface area (Å²) in [6, 6.07) is 12.7. The average molecular weight is 518 g/mol. The van der Waals surface area contributed by atoms with Crippen molar-refractivity contribution in [3.05, 3.63) is 76.3 Å². The van der Waals surface area contributed by atoms with Gasteiger partial charge in [-0.15, -0.1) is 10.2 Å². The highest BCUT2D eigenvalue weighted by molar-refractivity contribution is 8.15. The van der Waals surface area contributed by atoms with Gasteiger partial charge in [0.05, 0.1) is 0 Å². The van der Waals surface area contributed by atoms with Crippen LogP contribution in [0.25, 0.3) is 0 Å². The lowest BCUT2D eigenvalue weighted by atomic mass is 10.0. The summed E-state index contributed by atoms with van der Waals surface area (Å²) in [5, 5.41) is 22.2. The number of nitrogens with zero attached hydrogens (tertiary/aromatic N) is 5. The van der Waals surface area contributed by atoms with Gasteiger partial charge in [-0.2, -0.15) is 5.10 Å². The van der Waals surface area contributed by atoms with E-state index < -0.39 is 16.5 Å². The first-order valence-electron chi connectivity index (χ1n) is 10.4. The molecule has 9 nitrogen and oxygen atoms in total. The lowest BCUT2D eigenvalue weighted by Gasteiger charge is -2.35. The van der Waals surface area contributed by atoms with Gasteiger partial charge >= 0.3 is 0 Å². The fraction of sp³-hybridized carbons (Fsp3) is 0.227. The van der Waals surface area contributed by atoms with Crippen LogP contribution in [0.4, 0.5) is 13.9 Å². The van der Waals surface area contributed by atoms with Crippen molar-refractivity contribution >= 4 is 45.1 Å². The molecular formula is C22H21F2N7O2S2. The minimum absolute atomic E-state index is 0.0351. The second-order valence-corrected chi connectivity index (χ2v) is 9.86. The number of rotatable bonds is 7. The van der Waals surface area contributed by atoms with Crippen LogP contribution in [0.5, 0.6) is 0 Å². The first-order chi connectivity index (χ1) is 16.8. The maximum Gasteiger partial charge on any atom is 0.237 e. The molecule has 182 valence electrons. The Balaban J connectivity index is 1.74. The van der Waals surface area contributed by atoms with E-state index in [1.807, 2.05) is 37.3 Å². The Morgan fingerprint density at radius 2 is 2.00 bits per heavy atom. The third kappa shape index (κ3) is 5.41. The summed E-state index contributed by atoms with van der Waals surface area (Å²) >= 11 is 2.56. The van der Waals surface area contributed by atoms with Crippen LogP contribution in [0.15, 0.2) is 58.8 Å². The number of aromatic nitrogens is 2. The van der Waals surface area contributed by atoms with Gasteiger partial charge in [0, 0.05) is 18.9 Å². The number of nitrogens with two attached hydrogens (primary N) is 1. The van der Waals surface area contributed by atoms with Gasteiger partial charge in [-0.05, 0) is 35.8 Å². The maximum atomic E-state index is 14.7. The van der Waals surface area contributed by atoms with Crippen LogP contribution in [0.3, 0.4) is 0 Å². The standard InChI is InChI=1S/C22H21F2N7O2S2/c1-13(32)26-20(25)30-33-11-10-22(15-6-4-3-5-7-15)31(21-28-27-14(2)34-21)29-19(35-22)17-12-16(23)8-9-18(17)24/h3-9,12H,10-11H2,1-2H3,(H3,25,26,30,32). The van der Waals surface area contributed by atoms with Crippen molar-refractivity contribution in [1.29, 1.82) is 0 Å². The second kappa shape index (κ2) is 10.4. The van der Waals surface area contributed by atoms with Crippen LogP contribution < -0.4 is 16.1 Å². The van der Waals surface area contributed by atoms with Crippen LogP contribution in [0.2, 0.25) is 0 Å². The molecule has 35 heavy (non-hydrogen) atoms. The van der Waals surface area contributed by atoms with Gasteiger partial charge in [0.2, 0.25) is 17.0 Å². The lowest BCUT2D eigenvalue weighted by Crippen LogP contribution is -2.39. The smallest absolute Gasteiger partial charge is 0.237 e. The maximum absolute atomic E-state index is 14.7. The molecule has 2 heterocycles. The van der Waals surface area contributed by atoms with E-state index in [2.05, 4.69) is 25.8 Å². The first-order valence-corrected chi connectivity index (χ1v) is 12.0. The van der Waals surface area contributed by atoms with Crippen LogP contribution in [0.1, 0.15) is 29.5 Å². The number of thioether (sulfide) groups is 1. The minimum Gasteiger partial charge on any atom is -0.393 e. The number of oxime groups is 1. The molecule has 0 radical (unpaired) electrons. The number of carbonyl (C=O) groups excluding carboxylic acids is 1. The fourth-order valence-corrected chi connectivity index (χ4v) is 5.55. The Hall–Kier alpha value is -3.58. The third-order valence-corrected chi connectivity index (χ3v) is 7.14. The molecule has 0 spiro atoms. The highest BCUT2D eigenvalue weighted by atomic mass is 32.2. The van der Waals surface area contributed by atoms with Crippen molar-refractivity contribution in [2.45, 2.75) is 25.1 Å². The number of aryl methyl sites for hydroxylation is 1. The lowest BCUT2D eigenvalue weighted by molar-refractivity contribution is -0.117. The molecule has 1 amide bonds. The highest BCUT2D eigenvalue weighted by Crippen LogP contribution is 2.52. The SMILES string of the molecule is CC(=O)NC(N)=NOCCC1(c2ccccc2)SC(c2cc(F)ccc2F)=NN1c1nnc(C)s1. The third-order valence-electron chi connectivity index (χ3n) is 4.88. The number of hydrogen-bond acceptors (Lipinski definition) is 9. The van der Waals surface area contributed by atoms with Gasteiger partial charge in [-0.3, -0.25) is 10.1 Å². The Kier molecular flexibility index (Phi) is 7.26. The van der Waals surface area contributed by atoms with Gasteiger partial charge in [-0.1, -0.05) is 53.4 Å². The van der Waals surface area contributed by atoms with Crippen LogP contribution >= 0.6 is 23.1 Å². The number of amides is 1. The van der Waals surface area contributed by atoms with E-state index in [1.165, 1.54) is 30.0 Å². The molecule has 0 saturated heterocycles. The molecule has 1 atom stereocenters. The van der Waals surface area contributed by atoms with E-state index in [4.69, 9.17) is 10.6 Å². The molecule has 13 heteroatoms. The number of anilines is 1. The Morgan fingerprint density at radius 3 is 2.69 bits per heavy atom. The fourth-order valence-electron chi connectivity index (χ4n) is 3.42. The van der Waals surface area contributed by atoms with Crippen molar-refractivity contribution in [1.82, 2.24) is 15.5 Å². The Labute approximate surface area is 208 Å². The van der Waals surface area contributed by atoms with Gasteiger partial charge in [-0.25, -0.2) is 13.8 Å². The Bertz CT molecular complexity index is 1290. The molecule has 1 aromatic heterocycles. The number of hydrogen-bond donors (Lipinski definition) is 2. The molecule has 0 fully saturated rings. The number of guanidine groups is 1. The summed E-state index contributed by atoms with van der Waals surface area (Å²) in [6.07, 6.45) is 0.293. The molecule has 1 unspecified atom stereocenters. The first kappa shape index (κ1) is 24.5. The van der Waals surface area contributed by atoms with Gasteiger partial charge in [0.15, 0.2) is 0 Å². The van der Waals surface area contributed by atoms with Crippen molar-refractivity contribution in [3.8, 4) is 0 Å². The predicted molar refractivity (Wildman–Crippen MR) is 132 cm³/mol. The van der Waals surface area contributed by atoms with Gasteiger partial charge in [0.25, 0.3) is 0 Å². The molecule has 3 aromatic rings. The van der Waals surface area contributed by atoms with Crippen molar-refractivity contribution in [2.24, 2.45) is 16.0 Å². The van der Waals surface area contributed by atoms with E-state index in [1.54, 1.807) is 5.01 Å². The summed E-state index contributed by atoms with van der Waals surface area (Å²) in [6.45, 7) is 3.17. The average Bonchev–Trinajstić information content (AvgIpc) is 3.43. The summed E-state index contributed by atoms with van der Waals surface area (Å²) in [5.74, 6) is -1.74. The monoisotopic (exact) mass is 517 g/mol. The molecule has 2 aromatic carbocycles.